The molecule has 1 saturated heterocycles. The van der Waals surface area contributed by atoms with Crippen molar-refractivity contribution < 1.29 is 0 Å². The van der Waals surface area contributed by atoms with Crippen LogP contribution in [0.15, 0.2) is 66.7 Å². The summed E-state index contributed by atoms with van der Waals surface area (Å²) in [5.41, 5.74) is 4.14. The van der Waals surface area contributed by atoms with Crippen molar-refractivity contribution in [2.24, 2.45) is 0 Å². The minimum atomic E-state index is 0.146. The van der Waals surface area contributed by atoms with Gasteiger partial charge in [-0.3, -0.25) is 4.90 Å². The zero-order valence-electron chi connectivity index (χ0n) is 17.8. The van der Waals surface area contributed by atoms with Gasteiger partial charge < -0.3 is 4.90 Å². The molecule has 164 valence electrons. The van der Waals surface area contributed by atoms with Gasteiger partial charge in [-0.2, -0.15) is 5.26 Å². The van der Waals surface area contributed by atoms with Crippen LogP contribution >= 0.6 is 34.8 Å². The summed E-state index contributed by atoms with van der Waals surface area (Å²) in [5, 5.41) is 11.1. The lowest BCUT2D eigenvalue weighted by Crippen LogP contribution is -2.49. The van der Waals surface area contributed by atoms with Gasteiger partial charge in [-0.05, 0) is 59.5 Å². The molecule has 0 aromatic heterocycles. The summed E-state index contributed by atoms with van der Waals surface area (Å²) >= 11 is 18.9. The maximum atomic E-state index is 9.05. The highest BCUT2D eigenvalue weighted by molar-refractivity contribution is 6.36. The Morgan fingerprint density at radius 3 is 2.28 bits per heavy atom. The van der Waals surface area contributed by atoms with Crippen molar-refractivity contribution in [2.45, 2.75) is 18.9 Å². The standard InChI is InChI=1S/C26H24Cl3N3/c1-18(20-4-2-19(15-30)3-5-20)16-31-12-13-32(25-11-10-23(28)14-24(25)29)26(17-31)21-6-8-22(27)9-7-21/h2-11,14,18,26H,12-13,16-17H2,1H3/t18-,26?/m0/s1. The SMILES string of the molecule is C[C@@H](CN1CCN(c2ccc(Cl)cc2Cl)C(c2ccc(Cl)cc2)C1)c1ccc(C#N)cc1. The topological polar surface area (TPSA) is 30.3 Å². The predicted molar refractivity (Wildman–Crippen MR) is 134 cm³/mol. The number of nitriles is 1. The fourth-order valence-corrected chi connectivity index (χ4v) is 5.00. The molecule has 0 amide bonds. The molecular weight excluding hydrogens is 461 g/mol. The Hall–Kier alpha value is -2.22. The van der Waals surface area contributed by atoms with Gasteiger partial charge in [-0.25, -0.2) is 0 Å². The first kappa shape index (κ1) is 23.0. The Bertz CT molecular complexity index is 1110. The van der Waals surface area contributed by atoms with E-state index in [0.29, 0.717) is 21.5 Å². The van der Waals surface area contributed by atoms with E-state index in [2.05, 4.69) is 47.1 Å². The summed E-state index contributed by atoms with van der Waals surface area (Å²) in [6, 6.07) is 24.0. The van der Waals surface area contributed by atoms with Crippen LogP contribution < -0.4 is 4.90 Å². The molecule has 1 aliphatic rings. The van der Waals surface area contributed by atoms with Crippen LogP contribution in [-0.2, 0) is 0 Å². The van der Waals surface area contributed by atoms with E-state index in [0.717, 1.165) is 36.9 Å². The van der Waals surface area contributed by atoms with Gasteiger partial charge in [-0.15, -0.1) is 0 Å². The Kier molecular flexibility index (Phi) is 7.28. The molecule has 0 spiro atoms. The average Bonchev–Trinajstić information content (AvgIpc) is 2.80. The van der Waals surface area contributed by atoms with Gasteiger partial charge in [0.05, 0.1) is 28.4 Å². The Morgan fingerprint density at radius 2 is 1.62 bits per heavy atom. The molecule has 1 aliphatic heterocycles. The fraction of sp³-hybridized carbons (Fsp3) is 0.269. The van der Waals surface area contributed by atoms with E-state index < -0.39 is 0 Å². The van der Waals surface area contributed by atoms with E-state index in [1.54, 1.807) is 6.07 Å². The Morgan fingerprint density at radius 1 is 0.938 bits per heavy atom. The molecule has 6 heteroatoms. The third-order valence-electron chi connectivity index (χ3n) is 6.08. The molecule has 1 unspecified atom stereocenters. The first-order chi connectivity index (χ1) is 15.4. The summed E-state index contributed by atoms with van der Waals surface area (Å²) in [7, 11) is 0. The maximum Gasteiger partial charge on any atom is 0.0991 e. The minimum absolute atomic E-state index is 0.146. The molecule has 2 atom stereocenters. The van der Waals surface area contributed by atoms with Gasteiger partial charge in [0.25, 0.3) is 0 Å². The van der Waals surface area contributed by atoms with Crippen LogP contribution in [0.25, 0.3) is 0 Å². The normalized spacial score (nSPS) is 17.7. The van der Waals surface area contributed by atoms with Gasteiger partial charge in [0.2, 0.25) is 0 Å². The van der Waals surface area contributed by atoms with Crippen molar-refractivity contribution in [1.29, 1.82) is 5.26 Å². The lowest BCUT2D eigenvalue weighted by Gasteiger charge is -2.44. The third-order valence-corrected chi connectivity index (χ3v) is 6.87. The molecule has 3 nitrogen and oxygen atoms in total. The lowest BCUT2D eigenvalue weighted by molar-refractivity contribution is 0.214. The second-order valence-electron chi connectivity index (χ2n) is 8.25. The molecule has 3 aromatic rings. The molecule has 1 heterocycles. The van der Waals surface area contributed by atoms with Gasteiger partial charge in [0.15, 0.2) is 0 Å². The quantitative estimate of drug-likeness (QED) is 0.384. The summed E-state index contributed by atoms with van der Waals surface area (Å²) in [6.07, 6.45) is 0. The first-order valence-corrected chi connectivity index (χ1v) is 11.8. The number of hydrogen-bond acceptors (Lipinski definition) is 3. The van der Waals surface area contributed by atoms with Gasteiger partial charge in [0, 0.05) is 36.2 Å². The summed E-state index contributed by atoms with van der Waals surface area (Å²) in [6.45, 7) is 5.85. The van der Waals surface area contributed by atoms with Crippen molar-refractivity contribution in [3.8, 4) is 6.07 Å². The number of nitrogens with zero attached hydrogens (tertiary/aromatic N) is 3. The van der Waals surface area contributed by atoms with E-state index in [4.69, 9.17) is 40.1 Å². The highest BCUT2D eigenvalue weighted by Gasteiger charge is 2.30. The molecule has 0 radical (unpaired) electrons. The van der Waals surface area contributed by atoms with E-state index in [-0.39, 0.29) is 6.04 Å². The fourth-order valence-electron chi connectivity index (χ4n) is 4.36. The Labute approximate surface area is 204 Å². The number of halogens is 3. The maximum absolute atomic E-state index is 9.05. The first-order valence-electron chi connectivity index (χ1n) is 10.6. The van der Waals surface area contributed by atoms with E-state index >= 15 is 0 Å². The number of benzene rings is 3. The van der Waals surface area contributed by atoms with Crippen LogP contribution in [0.1, 0.15) is 35.6 Å². The van der Waals surface area contributed by atoms with Gasteiger partial charge >= 0.3 is 0 Å². The number of rotatable bonds is 5. The molecule has 0 aliphatic carbocycles. The Balaban J connectivity index is 1.56. The molecule has 3 aromatic carbocycles. The van der Waals surface area contributed by atoms with E-state index in [1.807, 2.05) is 36.4 Å². The van der Waals surface area contributed by atoms with E-state index in [9.17, 15) is 0 Å². The zero-order chi connectivity index (χ0) is 22.7. The second-order valence-corrected chi connectivity index (χ2v) is 9.53. The zero-order valence-corrected chi connectivity index (χ0v) is 20.1. The monoisotopic (exact) mass is 483 g/mol. The summed E-state index contributed by atoms with van der Waals surface area (Å²) in [5.74, 6) is 0.360. The second kappa shape index (κ2) is 10.1. The van der Waals surface area contributed by atoms with Crippen LogP contribution in [0.3, 0.4) is 0 Å². The van der Waals surface area contributed by atoms with Crippen LogP contribution in [-0.4, -0.2) is 31.1 Å². The van der Waals surface area contributed by atoms with Gasteiger partial charge in [0.1, 0.15) is 0 Å². The predicted octanol–water partition coefficient (Wildman–Crippen LogP) is 7.19. The number of anilines is 1. The van der Waals surface area contributed by atoms with Crippen LogP contribution in [0.5, 0.6) is 0 Å². The average molecular weight is 485 g/mol. The molecule has 32 heavy (non-hydrogen) atoms. The number of piperazine rings is 1. The van der Waals surface area contributed by atoms with Gasteiger partial charge in [-0.1, -0.05) is 66.0 Å². The van der Waals surface area contributed by atoms with Crippen molar-refractivity contribution >= 4 is 40.5 Å². The smallest absolute Gasteiger partial charge is 0.0991 e. The summed E-state index contributed by atoms with van der Waals surface area (Å²) < 4.78 is 0. The molecule has 1 fully saturated rings. The highest BCUT2D eigenvalue weighted by Crippen LogP contribution is 2.37. The molecule has 0 saturated carbocycles. The third kappa shape index (κ3) is 5.22. The van der Waals surface area contributed by atoms with Crippen LogP contribution in [0.2, 0.25) is 15.1 Å². The van der Waals surface area contributed by atoms with E-state index in [1.165, 1.54) is 11.1 Å². The molecule has 4 rings (SSSR count). The van der Waals surface area contributed by atoms with Crippen LogP contribution in [0, 0.1) is 11.3 Å². The minimum Gasteiger partial charge on any atom is -0.361 e. The molecule has 0 bridgehead atoms. The lowest BCUT2D eigenvalue weighted by atomic mass is 9.97. The molecular formula is C26H24Cl3N3. The van der Waals surface area contributed by atoms with Crippen LogP contribution in [0.4, 0.5) is 5.69 Å². The summed E-state index contributed by atoms with van der Waals surface area (Å²) in [4.78, 5) is 4.87. The van der Waals surface area contributed by atoms with Crippen molar-refractivity contribution in [1.82, 2.24) is 4.90 Å². The highest BCUT2D eigenvalue weighted by atomic mass is 35.5. The van der Waals surface area contributed by atoms with Crippen molar-refractivity contribution in [3.05, 3.63) is 98.5 Å². The van der Waals surface area contributed by atoms with Crippen molar-refractivity contribution in [2.75, 3.05) is 31.1 Å². The molecule has 0 N–H and O–H groups in total. The number of hydrogen-bond donors (Lipinski definition) is 0. The van der Waals surface area contributed by atoms with Crippen molar-refractivity contribution in [3.63, 3.8) is 0 Å². The largest absolute Gasteiger partial charge is 0.361 e.